The van der Waals surface area contributed by atoms with Crippen molar-refractivity contribution in [1.29, 1.82) is 0 Å². The Morgan fingerprint density at radius 3 is 2.43 bits per heavy atom. The van der Waals surface area contributed by atoms with E-state index in [9.17, 15) is 9.59 Å². The molecular weight excluding hydrogens is 494 g/mol. The largest absolute Gasteiger partial charge is 0.493 e. The number of ether oxygens (including phenoxy) is 2. The Bertz CT molecular complexity index is 1100. The molecule has 3 N–H and O–H groups in total. The van der Waals surface area contributed by atoms with Crippen molar-refractivity contribution in [2.45, 2.75) is 70.2 Å². The molecule has 2 aromatic rings. The van der Waals surface area contributed by atoms with Gasteiger partial charge in [-0.1, -0.05) is 23.7 Å². The summed E-state index contributed by atoms with van der Waals surface area (Å²) in [5.41, 5.74) is 3.02. The van der Waals surface area contributed by atoms with E-state index in [0.717, 1.165) is 42.4 Å². The summed E-state index contributed by atoms with van der Waals surface area (Å²) in [7, 11) is 1.62. The molecule has 0 spiro atoms. The Hall–Kier alpha value is -2.97. The Kier molecular flexibility index (Phi) is 8.82. The van der Waals surface area contributed by atoms with E-state index in [-0.39, 0.29) is 24.1 Å². The quantitative estimate of drug-likeness (QED) is 0.404. The monoisotopic (exact) mass is 529 g/mol. The lowest BCUT2D eigenvalue weighted by Crippen LogP contribution is -2.50. The maximum atomic E-state index is 13.7. The highest BCUT2D eigenvalue weighted by Gasteiger charge is 2.40. The number of rotatable bonds is 9. The molecule has 2 aliphatic rings. The van der Waals surface area contributed by atoms with E-state index in [1.54, 1.807) is 7.11 Å². The maximum Gasteiger partial charge on any atom is 0.404 e. The average molecular weight is 530 g/mol. The van der Waals surface area contributed by atoms with Crippen LogP contribution in [-0.4, -0.2) is 60.4 Å². The van der Waals surface area contributed by atoms with Crippen LogP contribution in [0.3, 0.4) is 0 Å². The lowest BCUT2D eigenvalue weighted by molar-refractivity contribution is -0.136. The standard InChI is InChI=1S/C28H36ClN3O5/c1-17(2)37-25-16-23-19(14-24(25)36-3)15-26(33)32(27(23)18-4-6-20(29)7-5-18)22-10-8-21(9-11-22)30-12-13-31-28(34)35/h4-7,14,16-17,21-22,27,30-31H,8-13,15H2,1-3H3,(H,34,35). The molecule has 4 rings (SSSR count). The van der Waals surface area contributed by atoms with Gasteiger partial charge in [0, 0.05) is 30.2 Å². The number of fused-ring (bicyclic) bond motifs is 1. The molecule has 1 unspecified atom stereocenters. The molecule has 1 fully saturated rings. The molecule has 0 radical (unpaired) electrons. The molecule has 1 aliphatic carbocycles. The van der Waals surface area contributed by atoms with Crippen LogP contribution in [0.25, 0.3) is 0 Å². The number of halogens is 1. The summed E-state index contributed by atoms with van der Waals surface area (Å²) in [6.45, 7) is 4.93. The second-order valence-electron chi connectivity index (χ2n) is 9.99. The van der Waals surface area contributed by atoms with Crippen molar-refractivity contribution in [1.82, 2.24) is 15.5 Å². The normalized spacial score (nSPS) is 21.5. The van der Waals surface area contributed by atoms with Crippen molar-refractivity contribution in [2.24, 2.45) is 0 Å². The molecule has 2 amide bonds. The molecule has 2 aromatic carbocycles. The van der Waals surface area contributed by atoms with E-state index >= 15 is 0 Å². The van der Waals surface area contributed by atoms with E-state index in [0.29, 0.717) is 42.1 Å². The minimum absolute atomic E-state index is 0.0178. The van der Waals surface area contributed by atoms with E-state index in [1.807, 2.05) is 50.2 Å². The smallest absolute Gasteiger partial charge is 0.404 e. The molecule has 0 aromatic heterocycles. The highest BCUT2D eigenvalue weighted by molar-refractivity contribution is 6.30. The van der Waals surface area contributed by atoms with Crippen molar-refractivity contribution >= 4 is 23.6 Å². The second-order valence-corrected chi connectivity index (χ2v) is 10.4. The highest BCUT2D eigenvalue weighted by Crippen LogP contribution is 2.44. The third-order valence-electron chi connectivity index (χ3n) is 7.10. The molecule has 1 atom stereocenters. The van der Waals surface area contributed by atoms with Gasteiger partial charge >= 0.3 is 6.09 Å². The molecule has 0 saturated heterocycles. The van der Waals surface area contributed by atoms with Crippen LogP contribution in [0, 0.1) is 0 Å². The van der Waals surface area contributed by atoms with Crippen LogP contribution in [-0.2, 0) is 11.2 Å². The van der Waals surface area contributed by atoms with Crippen LogP contribution < -0.4 is 20.1 Å². The van der Waals surface area contributed by atoms with Crippen LogP contribution >= 0.6 is 11.6 Å². The predicted octanol–water partition coefficient (Wildman–Crippen LogP) is 4.78. The number of nitrogens with one attached hydrogen (secondary N) is 2. The predicted molar refractivity (Wildman–Crippen MR) is 143 cm³/mol. The first-order valence-corrected chi connectivity index (χ1v) is 13.3. The molecular formula is C28H36ClN3O5. The SMILES string of the molecule is COc1cc2c(cc1OC(C)C)C(c1ccc(Cl)cc1)N(C1CCC(NCCNC(=O)O)CC1)C(=O)C2. The molecule has 9 heteroatoms. The van der Waals surface area contributed by atoms with E-state index < -0.39 is 6.09 Å². The Morgan fingerprint density at radius 2 is 1.81 bits per heavy atom. The summed E-state index contributed by atoms with van der Waals surface area (Å²) < 4.78 is 11.7. The number of hydrogen-bond acceptors (Lipinski definition) is 5. The van der Waals surface area contributed by atoms with Crippen molar-refractivity contribution < 1.29 is 24.2 Å². The zero-order valence-electron chi connectivity index (χ0n) is 21.6. The van der Waals surface area contributed by atoms with Gasteiger partial charge in [0.25, 0.3) is 0 Å². The van der Waals surface area contributed by atoms with Gasteiger partial charge in [-0.15, -0.1) is 0 Å². The first-order valence-electron chi connectivity index (χ1n) is 12.9. The summed E-state index contributed by atoms with van der Waals surface area (Å²) in [5.74, 6) is 1.41. The van der Waals surface area contributed by atoms with Crippen molar-refractivity contribution in [3.05, 3.63) is 58.1 Å². The summed E-state index contributed by atoms with van der Waals surface area (Å²) in [6.07, 6.45) is 2.88. The van der Waals surface area contributed by atoms with Crippen molar-refractivity contribution in [2.75, 3.05) is 20.2 Å². The van der Waals surface area contributed by atoms with E-state index in [2.05, 4.69) is 15.5 Å². The third-order valence-corrected chi connectivity index (χ3v) is 7.35. The van der Waals surface area contributed by atoms with Crippen LogP contribution in [0.15, 0.2) is 36.4 Å². The molecule has 1 aliphatic heterocycles. The van der Waals surface area contributed by atoms with Crippen molar-refractivity contribution in [3.63, 3.8) is 0 Å². The fraction of sp³-hybridized carbons (Fsp3) is 0.500. The minimum Gasteiger partial charge on any atom is -0.493 e. The zero-order chi connectivity index (χ0) is 26.5. The highest BCUT2D eigenvalue weighted by atomic mass is 35.5. The van der Waals surface area contributed by atoms with Crippen LogP contribution in [0.5, 0.6) is 11.5 Å². The Balaban J connectivity index is 1.61. The number of carbonyl (C=O) groups excluding carboxylic acids is 1. The Labute approximate surface area is 223 Å². The van der Waals surface area contributed by atoms with Crippen LogP contribution in [0.4, 0.5) is 4.79 Å². The lowest BCUT2D eigenvalue weighted by Gasteiger charge is -2.45. The second kappa shape index (κ2) is 12.0. The Morgan fingerprint density at radius 1 is 1.11 bits per heavy atom. The van der Waals surface area contributed by atoms with Gasteiger partial charge in [-0.05, 0) is 80.5 Å². The number of nitrogens with zero attached hydrogens (tertiary/aromatic N) is 1. The van der Waals surface area contributed by atoms with Gasteiger partial charge in [0.2, 0.25) is 5.91 Å². The molecule has 1 saturated carbocycles. The zero-order valence-corrected chi connectivity index (χ0v) is 22.4. The fourth-order valence-electron chi connectivity index (χ4n) is 5.48. The summed E-state index contributed by atoms with van der Waals surface area (Å²) >= 11 is 6.21. The van der Waals surface area contributed by atoms with E-state index in [1.165, 1.54) is 0 Å². The van der Waals surface area contributed by atoms with Gasteiger partial charge in [0.1, 0.15) is 0 Å². The number of methoxy groups -OCH3 is 1. The summed E-state index contributed by atoms with van der Waals surface area (Å²) in [5, 5.41) is 15.2. The molecule has 37 heavy (non-hydrogen) atoms. The first-order chi connectivity index (χ1) is 17.8. The van der Waals surface area contributed by atoms with Gasteiger partial charge in [-0.3, -0.25) is 4.79 Å². The van der Waals surface area contributed by atoms with Gasteiger partial charge in [-0.2, -0.15) is 0 Å². The first kappa shape index (κ1) is 27.1. The number of carbonyl (C=O) groups is 2. The fourth-order valence-corrected chi connectivity index (χ4v) is 5.61. The van der Waals surface area contributed by atoms with Gasteiger partial charge in [0.05, 0.1) is 25.7 Å². The summed E-state index contributed by atoms with van der Waals surface area (Å²) in [4.78, 5) is 26.4. The van der Waals surface area contributed by atoms with Crippen molar-refractivity contribution in [3.8, 4) is 11.5 Å². The molecule has 0 bridgehead atoms. The topological polar surface area (TPSA) is 100 Å². The maximum absolute atomic E-state index is 13.7. The van der Waals surface area contributed by atoms with Gasteiger partial charge in [0.15, 0.2) is 11.5 Å². The number of carboxylic acid groups (broad SMARTS) is 1. The molecule has 8 nitrogen and oxygen atoms in total. The number of benzene rings is 2. The number of amides is 2. The molecule has 200 valence electrons. The van der Waals surface area contributed by atoms with Crippen LogP contribution in [0.2, 0.25) is 5.02 Å². The number of hydrogen-bond donors (Lipinski definition) is 3. The minimum atomic E-state index is -1.01. The lowest BCUT2D eigenvalue weighted by atomic mass is 9.82. The third kappa shape index (κ3) is 6.48. The van der Waals surface area contributed by atoms with Gasteiger partial charge in [-0.25, -0.2) is 4.79 Å². The average Bonchev–Trinajstić information content (AvgIpc) is 2.86. The summed E-state index contributed by atoms with van der Waals surface area (Å²) in [6, 6.07) is 11.9. The van der Waals surface area contributed by atoms with E-state index in [4.69, 9.17) is 26.2 Å². The molecule has 1 heterocycles. The van der Waals surface area contributed by atoms with Gasteiger partial charge < -0.3 is 30.1 Å². The van der Waals surface area contributed by atoms with Crippen LogP contribution in [0.1, 0.15) is 62.3 Å².